The lowest BCUT2D eigenvalue weighted by Gasteiger charge is -2.04. The normalized spacial score (nSPS) is 10.4. The van der Waals surface area contributed by atoms with E-state index in [0.717, 1.165) is 10.0 Å². The average Bonchev–Trinajstić information content (AvgIpc) is 2.68. The van der Waals surface area contributed by atoms with Gasteiger partial charge in [0.2, 0.25) is 5.78 Å². The van der Waals surface area contributed by atoms with Gasteiger partial charge < -0.3 is 0 Å². The van der Waals surface area contributed by atoms with Gasteiger partial charge in [-0.25, -0.2) is 0 Å². The highest BCUT2D eigenvalue weighted by molar-refractivity contribution is 9.10. The second kappa shape index (κ2) is 4.70. The quantitative estimate of drug-likeness (QED) is 0.734. The Morgan fingerprint density at radius 2 is 2.12 bits per heavy atom. The van der Waals surface area contributed by atoms with Gasteiger partial charge >= 0.3 is 0 Å². The van der Waals surface area contributed by atoms with Crippen LogP contribution >= 0.6 is 38.9 Å². The molecule has 0 amide bonds. The number of hydrogen-bond donors (Lipinski definition) is 0. The van der Waals surface area contributed by atoms with Crippen molar-refractivity contribution in [1.82, 2.24) is 0 Å². The van der Waals surface area contributed by atoms with Crippen LogP contribution in [0.25, 0.3) is 0 Å². The third-order valence-electron chi connectivity index (χ3n) is 2.26. The zero-order chi connectivity index (χ0) is 11.7. The summed E-state index contributed by atoms with van der Waals surface area (Å²) in [7, 11) is 0. The molecule has 0 aliphatic rings. The van der Waals surface area contributed by atoms with Gasteiger partial charge in [0.05, 0.1) is 9.90 Å². The van der Waals surface area contributed by atoms with Crippen LogP contribution in [0.1, 0.15) is 20.8 Å². The smallest absolute Gasteiger partial charge is 0.205 e. The third kappa shape index (κ3) is 2.08. The maximum absolute atomic E-state index is 12.2. The van der Waals surface area contributed by atoms with Crippen LogP contribution in [0.5, 0.6) is 0 Å². The SMILES string of the molecule is Cc1cccc(C(=O)c2sccc2Br)c1Cl. The topological polar surface area (TPSA) is 17.1 Å². The van der Waals surface area contributed by atoms with E-state index in [1.807, 2.05) is 30.5 Å². The summed E-state index contributed by atoms with van der Waals surface area (Å²) in [6.07, 6.45) is 0. The summed E-state index contributed by atoms with van der Waals surface area (Å²) in [5, 5.41) is 2.41. The monoisotopic (exact) mass is 314 g/mol. The van der Waals surface area contributed by atoms with Crippen molar-refractivity contribution in [2.75, 3.05) is 0 Å². The standard InChI is InChI=1S/C12H8BrClOS/c1-7-3-2-4-8(10(7)14)11(15)12-9(13)5-6-16-12/h2-6H,1H3. The molecule has 1 aromatic heterocycles. The lowest BCUT2D eigenvalue weighted by molar-refractivity contribution is 0.104. The van der Waals surface area contributed by atoms with Gasteiger partial charge in [-0.15, -0.1) is 11.3 Å². The first-order valence-corrected chi connectivity index (χ1v) is 6.69. The van der Waals surface area contributed by atoms with Gasteiger partial charge in [-0.05, 0) is 45.9 Å². The van der Waals surface area contributed by atoms with Crippen molar-refractivity contribution in [2.45, 2.75) is 6.92 Å². The van der Waals surface area contributed by atoms with Crippen LogP contribution in [-0.4, -0.2) is 5.78 Å². The number of halogens is 2. The van der Waals surface area contributed by atoms with Crippen molar-refractivity contribution in [2.24, 2.45) is 0 Å². The Labute approximate surface area is 111 Å². The molecule has 0 unspecified atom stereocenters. The van der Waals surface area contributed by atoms with Crippen molar-refractivity contribution < 1.29 is 4.79 Å². The van der Waals surface area contributed by atoms with E-state index >= 15 is 0 Å². The Morgan fingerprint density at radius 3 is 2.75 bits per heavy atom. The number of aryl methyl sites for hydroxylation is 1. The summed E-state index contributed by atoms with van der Waals surface area (Å²) >= 11 is 10.9. The fourth-order valence-corrected chi connectivity index (χ4v) is 3.12. The third-order valence-corrected chi connectivity index (χ3v) is 4.60. The van der Waals surface area contributed by atoms with Crippen molar-refractivity contribution >= 4 is 44.7 Å². The molecule has 0 N–H and O–H groups in total. The summed E-state index contributed by atoms with van der Waals surface area (Å²) in [6.45, 7) is 1.89. The first-order chi connectivity index (χ1) is 7.61. The van der Waals surface area contributed by atoms with Gasteiger partial charge in [-0.1, -0.05) is 23.7 Å². The Bertz CT molecular complexity index is 548. The zero-order valence-electron chi connectivity index (χ0n) is 8.46. The van der Waals surface area contributed by atoms with Crippen LogP contribution in [0.4, 0.5) is 0 Å². The van der Waals surface area contributed by atoms with Gasteiger partial charge in [0.1, 0.15) is 0 Å². The van der Waals surface area contributed by atoms with Crippen molar-refractivity contribution in [1.29, 1.82) is 0 Å². The zero-order valence-corrected chi connectivity index (χ0v) is 11.6. The second-order valence-electron chi connectivity index (χ2n) is 3.36. The molecule has 0 aliphatic carbocycles. The summed E-state index contributed by atoms with van der Waals surface area (Å²) in [5.74, 6) is -0.0319. The highest BCUT2D eigenvalue weighted by atomic mass is 79.9. The molecule has 0 radical (unpaired) electrons. The Kier molecular flexibility index (Phi) is 3.47. The van der Waals surface area contributed by atoms with Crippen molar-refractivity contribution in [3.63, 3.8) is 0 Å². The minimum absolute atomic E-state index is 0.0319. The molecule has 0 atom stereocenters. The molecule has 82 valence electrons. The number of ketones is 1. The molecule has 0 spiro atoms. The number of rotatable bonds is 2. The van der Waals surface area contributed by atoms with Crippen LogP contribution in [-0.2, 0) is 0 Å². The lowest BCUT2D eigenvalue weighted by atomic mass is 10.1. The molecule has 0 aliphatic heterocycles. The van der Waals surface area contributed by atoms with Crippen LogP contribution < -0.4 is 0 Å². The van der Waals surface area contributed by atoms with E-state index in [9.17, 15) is 4.79 Å². The number of carbonyl (C=O) groups excluding carboxylic acids is 1. The molecular formula is C12H8BrClOS. The fraction of sp³-hybridized carbons (Fsp3) is 0.0833. The molecule has 2 rings (SSSR count). The Morgan fingerprint density at radius 1 is 1.38 bits per heavy atom. The maximum atomic E-state index is 12.2. The van der Waals surface area contributed by atoms with Crippen molar-refractivity contribution in [3.8, 4) is 0 Å². The van der Waals surface area contributed by atoms with Crippen LogP contribution in [0, 0.1) is 6.92 Å². The number of carbonyl (C=O) groups is 1. The highest BCUT2D eigenvalue weighted by Crippen LogP contribution is 2.29. The van der Waals surface area contributed by atoms with E-state index in [-0.39, 0.29) is 5.78 Å². The molecule has 1 heterocycles. The second-order valence-corrected chi connectivity index (χ2v) is 5.51. The maximum Gasteiger partial charge on any atom is 0.205 e. The van der Waals surface area contributed by atoms with Gasteiger partial charge in [0.25, 0.3) is 0 Å². The van der Waals surface area contributed by atoms with Gasteiger partial charge in [0, 0.05) is 10.0 Å². The first-order valence-electron chi connectivity index (χ1n) is 4.64. The van der Waals surface area contributed by atoms with Crippen LogP contribution in [0.15, 0.2) is 34.1 Å². The number of benzene rings is 1. The van der Waals surface area contributed by atoms with Gasteiger partial charge in [0.15, 0.2) is 0 Å². The summed E-state index contributed by atoms with van der Waals surface area (Å²) in [4.78, 5) is 12.9. The van der Waals surface area contributed by atoms with E-state index in [0.29, 0.717) is 15.5 Å². The first kappa shape index (κ1) is 11.8. The molecular weight excluding hydrogens is 308 g/mol. The van der Waals surface area contributed by atoms with Crippen molar-refractivity contribution in [3.05, 3.63) is 55.1 Å². The van der Waals surface area contributed by atoms with E-state index < -0.39 is 0 Å². The lowest BCUT2D eigenvalue weighted by Crippen LogP contribution is -2.01. The molecule has 0 fully saturated rings. The average molecular weight is 316 g/mol. The molecule has 4 heteroatoms. The highest BCUT2D eigenvalue weighted by Gasteiger charge is 2.17. The minimum Gasteiger partial charge on any atom is -0.288 e. The van der Waals surface area contributed by atoms with Gasteiger partial charge in [-0.3, -0.25) is 4.79 Å². The molecule has 2 aromatic rings. The summed E-state index contributed by atoms with van der Waals surface area (Å²) in [5.41, 5.74) is 1.48. The Hall–Kier alpha value is -0.640. The summed E-state index contributed by atoms with van der Waals surface area (Å²) in [6, 6.07) is 7.35. The number of thiophene rings is 1. The van der Waals surface area contributed by atoms with E-state index in [4.69, 9.17) is 11.6 Å². The Balaban J connectivity index is 2.50. The van der Waals surface area contributed by atoms with E-state index in [2.05, 4.69) is 15.9 Å². The predicted octanol–water partition coefficient (Wildman–Crippen LogP) is 4.70. The van der Waals surface area contributed by atoms with E-state index in [1.54, 1.807) is 6.07 Å². The molecule has 1 aromatic carbocycles. The van der Waals surface area contributed by atoms with Crippen LogP contribution in [0.2, 0.25) is 5.02 Å². The minimum atomic E-state index is -0.0319. The predicted molar refractivity (Wildman–Crippen MR) is 71.6 cm³/mol. The summed E-state index contributed by atoms with van der Waals surface area (Å²) < 4.78 is 0.820. The molecule has 16 heavy (non-hydrogen) atoms. The molecule has 1 nitrogen and oxygen atoms in total. The largest absolute Gasteiger partial charge is 0.288 e. The molecule has 0 bridgehead atoms. The van der Waals surface area contributed by atoms with Gasteiger partial charge in [-0.2, -0.15) is 0 Å². The van der Waals surface area contributed by atoms with Crippen LogP contribution in [0.3, 0.4) is 0 Å². The molecule has 0 saturated heterocycles. The molecule has 0 saturated carbocycles. The number of hydrogen-bond acceptors (Lipinski definition) is 2. The van der Waals surface area contributed by atoms with E-state index in [1.165, 1.54) is 11.3 Å². The fourth-order valence-electron chi connectivity index (χ4n) is 1.40.